The molecule has 2 rings (SSSR count). The molecular weight excluding hydrogens is 316 g/mol. The Bertz CT molecular complexity index is 758. The number of nitrogens with one attached hydrogen (secondary N) is 1. The Hall–Kier alpha value is -2.94. The zero-order valence-electron chi connectivity index (χ0n) is 10.9. The molecule has 0 aliphatic heterocycles. The van der Waals surface area contributed by atoms with E-state index in [4.69, 9.17) is 16.7 Å². The van der Waals surface area contributed by atoms with Crippen molar-refractivity contribution < 1.29 is 19.6 Å². The van der Waals surface area contributed by atoms with Crippen LogP contribution in [0.4, 0.5) is 11.4 Å². The van der Waals surface area contributed by atoms with Crippen LogP contribution >= 0.6 is 11.6 Å². The van der Waals surface area contributed by atoms with Crippen LogP contribution in [0.2, 0.25) is 5.02 Å². The van der Waals surface area contributed by atoms with Gasteiger partial charge in [0.2, 0.25) is 5.91 Å². The summed E-state index contributed by atoms with van der Waals surface area (Å²) in [4.78, 5) is 32.8. The van der Waals surface area contributed by atoms with Crippen LogP contribution in [0.25, 0.3) is 0 Å². The number of carboxylic acids is 1. The number of nitro groups is 1. The van der Waals surface area contributed by atoms with Crippen LogP contribution in [0.15, 0.2) is 30.5 Å². The third-order valence-corrected chi connectivity index (χ3v) is 2.83. The van der Waals surface area contributed by atoms with Crippen LogP contribution in [0.3, 0.4) is 0 Å². The van der Waals surface area contributed by atoms with E-state index in [2.05, 4.69) is 10.4 Å². The molecule has 22 heavy (non-hydrogen) atoms. The van der Waals surface area contributed by atoms with E-state index < -0.39 is 16.8 Å². The number of anilines is 1. The van der Waals surface area contributed by atoms with Gasteiger partial charge < -0.3 is 10.4 Å². The van der Waals surface area contributed by atoms with Gasteiger partial charge in [0.05, 0.1) is 4.92 Å². The number of rotatable bonds is 5. The highest BCUT2D eigenvalue weighted by Crippen LogP contribution is 2.27. The third kappa shape index (κ3) is 3.58. The Morgan fingerprint density at radius 1 is 1.41 bits per heavy atom. The average Bonchev–Trinajstić information content (AvgIpc) is 2.89. The molecule has 0 bridgehead atoms. The number of benzene rings is 1. The Labute approximate surface area is 128 Å². The molecule has 0 aliphatic carbocycles. The zero-order chi connectivity index (χ0) is 16.3. The van der Waals surface area contributed by atoms with E-state index in [-0.39, 0.29) is 28.6 Å². The van der Waals surface area contributed by atoms with Crippen LogP contribution in [0.5, 0.6) is 0 Å². The molecule has 2 aromatic rings. The van der Waals surface area contributed by atoms with Crippen molar-refractivity contribution in [2.75, 3.05) is 5.32 Å². The predicted octanol–water partition coefficient (Wildman–Crippen LogP) is 1.78. The maximum absolute atomic E-state index is 11.8. The van der Waals surface area contributed by atoms with Crippen LogP contribution in [0, 0.1) is 10.1 Å². The zero-order valence-corrected chi connectivity index (χ0v) is 11.6. The standard InChI is InChI=1S/C12H9ClN4O5/c13-7-1-2-8(10(5-7)17(21)22)14-11(18)6-16-4-3-9(15-16)12(19)20/h1-5H,6H2,(H,14,18)(H,19,20). The Balaban J connectivity index is 2.12. The van der Waals surface area contributed by atoms with E-state index >= 15 is 0 Å². The normalized spacial score (nSPS) is 10.2. The molecule has 0 aliphatic rings. The number of carbonyl (C=O) groups is 2. The summed E-state index contributed by atoms with van der Waals surface area (Å²) in [5.41, 5.74) is -0.553. The van der Waals surface area contributed by atoms with E-state index in [1.165, 1.54) is 24.4 Å². The lowest BCUT2D eigenvalue weighted by Gasteiger charge is -2.06. The van der Waals surface area contributed by atoms with Crippen LogP contribution in [-0.2, 0) is 11.3 Å². The summed E-state index contributed by atoms with van der Waals surface area (Å²) in [7, 11) is 0. The number of aromatic nitrogens is 2. The summed E-state index contributed by atoms with van der Waals surface area (Å²) in [6.07, 6.45) is 1.32. The van der Waals surface area contributed by atoms with Crippen molar-refractivity contribution in [1.29, 1.82) is 0 Å². The van der Waals surface area contributed by atoms with Gasteiger partial charge in [0.1, 0.15) is 12.2 Å². The highest BCUT2D eigenvalue weighted by molar-refractivity contribution is 6.31. The molecule has 9 nitrogen and oxygen atoms in total. The molecule has 0 atom stereocenters. The lowest BCUT2D eigenvalue weighted by molar-refractivity contribution is -0.383. The molecule has 0 fully saturated rings. The molecule has 0 spiro atoms. The van der Waals surface area contributed by atoms with E-state index in [0.717, 1.165) is 10.7 Å². The molecule has 114 valence electrons. The minimum atomic E-state index is -1.22. The fourth-order valence-electron chi connectivity index (χ4n) is 1.66. The monoisotopic (exact) mass is 324 g/mol. The molecule has 2 N–H and O–H groups in total. The molecule has 0 saturated carbocycles. The van der Waals surface area contributed by atoms with Gasteiger partial charge in [0.25, 0.3) is 5.69 Å². The summed E-state index contributed by atoms with van der Waals surface area (Å²) in [5.74, 6) is -1.81. The second-order valence-corrected chi connectivity index (χ2v) is 4.61. The Morgan fingerprint density at radius 3 is 2.73 bits per heavy atom. The molecular formula is C12H9ClN4O5. The highest BCUT2D eigenvalue weighted by Gasteiger charge is 2.17. The summed E-state index contributed by atoms with van der Waals surface area (Å²) in [6, 6.07) is 5.07. The Morgan fingerprint density at radius 2 is 2.14 bits per heavy atom. The van der Waals surface area contributed by atoms with Crippen molar-refractivity contribution in [3.8, 4) is 0 Å². The van der Waals surface area contributed by atoms with E-state index in [1.54, 1.807) is 0 Å². The van der Waals surface area contributed by atoms with Gasteiger partial charge in [-0.15, -0.1) is 0 Å². The quantitative estimate of drug-likeness (QED) is 0.637. The van der Waals surface area contributed by atoms with Gasteiger partial charge in [-0.1, -0.05) is 11.6 Å². The summed E-state index contributed by atoms with van der Waals surface area (Å²) in [5, 5.41) is 25.8. The van der Waals surface area contributed by atoms with Crippen LogP contribution in [0.1, 0.15) is 10.5 Å². The molecule has 0 unspecified atom stereocenters. The van der Waals surface area contributed by atoms with E-state index in [9.17, 15) is 19.7 Å². The van der Waals surface area contributed by atoms with Crippen molar-refractivity contribution in [1.82, 2.24) is 9.78 Å². The third-order valence-electron chi connectivity index (χ3n) is 2.60. The number of carbonyl (C=O) groups excluding carboxylic acids is 1. The first kappa shape index (κ1) is 15.4. The van der Waals surface area contributed by atoms with Gasteiger partial charge in [-0.3, -0.25) is 19.6 Å². The fraction of sp³-hybridized carbons (Fsp3) is 0.0833. The van der Waals surface area contributed by atoms with E-state index in [0.29, 0.717) is 0 Å². The number of nitro benzene ring substituents is 1. The molecule has 0 radical (unpaired) electrons. The highest BCUT2D eigenvalue weighted by atomic mass is 35.5. The first-order valence-electron chi connectivity index (χ1n) is 5.87. The number of halogens is 1. The second kappa shape index (κ2) is 6.22. The van der Waals surface area contributed by atoms with Gasteiger partial charge in [0.15, 0.2) is 5.69 Å². The number of amides is 1. The molecule has 1 aromatic heterocycles. The predicted molar refractivity (Wildman–Crippen MR) is 75.9 cm³/mol. The van der Waals surface area contributed by atoms with Crippen molar-refractivity contribution in [3.63, 3.8) is 0 Å². The number of hydrogen-bond donors (Lipinski definition) is 2. The van der Waals surface area contributed by atoms with Gasteiger partial charge in [-0.2, -0.15) is 5.10 Å². The largest absolute Gasteiger partial charge is 0.476 e. The molecule has 1 amide bonds. The van der Waals surface area contributed by atoms with E-state index in [1.807, 2.05) is 0 Å². The minimum Gasteiger partial charge on any atom is -0.476 e. The summed E-state index contributed by atoms with van der Waals surface area (Å²) >= 11 is 5.67. The van der Waals surface area contributed by atoms with Gasteiger partial charge in [-0.05, 0) is 18.2 Å². The van der Waals surface area contributed by atoms with Crippen LogP contribution in [-0.4, -0.2) is 31.7 Å². The average molecular weight is 325 g/mol. The van der Waals surface area contributed by atoms with Gasteiger partial charge in [-0.25, -0.2) is 4.79 Å². The lowest BCUT2D eigenvalue weighted by Crippen LogP contribution is -2.20. The first-order chi connectivity index (χ1) is 10.4. The minimum absolute atomic E-state index is 0.00925. The van der Waals surface area contributed by atoms with Crippen LogP contribution < -0.4 is 5.32 Å². The first-order valence-corrected chi connectivity index (χ1v) is 6.25. The summed E-state index contributed by atoms with van der Waals surface area (Å²) in [6.45, 7) is -0.285. The smallest absolute Gasteiger partial charge is 0.356 e. The summed E-state index contributed by atoms with van der Waals surface area (Å²) < 4.78 is 1.11. The Kier molecular flexibility index (Phi) is 4.37. The number of nitrogens with zero attached hydrogens (tertiary/aromatic N) is 3. The topological polar surface area (TPSA) is 127 Å². The molecule has 1 aromatic carbocycles. The molecule has 1 heterocycles. The lowest BCUT2D eigenvalue weighted by atomic mass is 10.2. The second-order valence-electron chi connectivity index (χ2n) is 4.17. The fourth-order valence-corrected chi connectivity index (χ4v) is 1.83. The maximum atomic E-state index is 11.8. The van der Waals surface area contributed by atoms with Crippen molar-refractivity contribution in [2.45, 2.75) is 6.54 Å². The van der Waals surface area contributed by atoms with Crippen molar-refractivity contribution in [2.24, 2.45) is 0 Å². The van der Waals surface area contributed by atoms with Crippen molar-refractivity contribution in [3.05, 3.63) is 51.3 Å². The maximum Gasteiger partial charge on any atom is 0.356 e. The molecule has 0 saturated heterocycles. The number of aromatic carboxylic acids is 1. The van der Waals surface area contributed by atoms with Gasteiger partial charge >= 0.3 is 5.97 Å². The molecule has 10 heteroatoms. The SMILES string of the molecule is O=C(Cn1ccc(C(=O)O)n1)Nc1ccc(Cl)cc1[N+](=O)[O-]. The number of hydrogen-bond acceptors (Lipinski definition) is 5. The van der Waals surface area contributed by atoms with Gasteiger partial charge in [0, 0.05) is 17.3 Å². The number of carboxylic acid groups (broad SMARTS) is 1. The van der Waals surface area contributed by atoms with Crippen molar-refractivity contribution >= 4 is 34.9 Å².